The van der Waals surface area contributed by atoms with Crippen molar-refractivity contribution in [1.82, 2.24) is 10.3 Å². The van der Waals surface area contributed by atoms with Gasteiger partial charge < -0.3 is 20.7 Å². The molecule has 0 saturated carbocycles. The van der Waals surface area contributed by atoms with Crippen LogP contribution >= 0.6 is 23.4 Å². The van der Waals surface area contributed by atoms with E-state index in [1.54, 1.807) is 92.0 Å². The van der Waals surface area contributed by atoms with Gasteiger partial charge in [0.05, 0.1) is 12.1 Å². The van der Waals surface area contributed by atoms with Gasteiger partial charge in [-0.3, -0.25) is 14.4 Å². The van der Waals surface area contributed by atoms with E-state index >= 15 is 0 Å². The summed E-state index contributed by atoms with van der Waals surface area (Å²) in [6, 6.07) is 35.6. The lowest BCUT2D eigenvalue weighted by atomic mass is 10.1. The molecule has 3 amide bonds. The minimum atomic E-state index is -0.625. The van der Waals surface area contributed by atoms with Gasteiger partial charge in [0.15, 0.2) is 0 Å². The number of nitrogens with one attached hydrogen (secondary N) is 3. The van der Waals surface area contributed by atoms with Gasteiger partial charge in [-0.2, -0.15) is 0 Å². The predicted molar refractivity (Wildman–Crippen MR) is 183 cm³/mol. The number of amides is 3. The average Bonchev–Trinajstić information content (AvgIpc) is 3.09. The Balaban J connectivity index is 1.37. The Bertz CT molecular complexity index is 1830. The van der Waals surface area contributed by atoms with E-state index in [0.29, 0.717) is 33.4 Å². The second-order valence-electron chi connectivity index (χ2n) is 9.89. The molecule has 1 aromatic heterocycles. The largest absolute Gasteiger partial charge is 0.497 e. The van der Waals surface area contributed by atoms with E-state index in [1.807, 2.05) is 42.5 Å². The number of carbonyl (C=O) groups is 3. The maximum atomic E-state index is 13.6. The summed E-state index contributed by atoms with van der Waals surface area (Å²) >= 11 is 7.27. The molecule has 0 saturated heterocycles. The van der Waals surface area contributed by atoms with Gasteiger partial charge in [-0.25, -0.2) is 4.98 Å². The number of halogens is 1. The van der Waals surface area contributed by atoms with Crippen molar-refractivity contribution in [3.63, 3.8) is 0 Å². The number of carbonyl (C=O) groups excluding carboxylic acids is 3. The first-order valence-electron chi connectivity index (χ1n) is 14.2. The summed E-state index contributed by atoms with van der Waals surface area (Å²) in [5.74, 6) is -0.169. The zero-order chi connectivity index (χ0) is 32.3. The van der Waals surface area contributed by atoms with Crippen molar-refractivity contribution in [2.24, 2.45) is 0 Å². The molecule has 1 atom stereocenters. The summed E-state index contributed by atoms with van der Waals surface area (Å²) < 4.78 is 5.23. The van der Waals surface area contributed by atoms with Gasteiger partial charge in [-0.1, -0.05) is 78.3 Å². The number of hydrogen-bond donors (Lipinski definition) is 3. The number of benzene rings is 4. The number of rotatable bonds is 11. The van der Waals surface area contributed by atoms with Crippen molar-refractivity contribution in [3.05, 3.63) is 155 Å². The summed E-state index contributed by atoms with van der Waals surface area (Å²) in [4.78, 5) is 45.0. The van der Waals surface area contributed by atoms with E-state index in [1.165, 1.54) is 18.0 Å². The minimum absolute atomic E-state index is 0.0501. The van der Waals surface area contributed by atoms with Crippen molar-refractivity contribution < 1.29 is 19.1 Å². The van der Waals surface area contributed by atoms with Crippen LogP contribution in [0, 0.1) is 0 Å². The molecule has 1 heterocycles. The van der Waals surface area contributed by atoms with Crippen molar-refractivity contribution >= 4 is 58.7 Å². The van der Waals surface area contributed by atoms with E-state index in [-0.39, 0.29) is 11.6 Å². The molecule has 0 bridgehead atoms. The third kappa shape index (κ3) is 8.84. The Hall–Kier alpha value is -5.38. The van der Waals surface area contributed by atoms with Crippen LogP contribution in [0.15, 0.2) is 138 Å². The Morgan fingerprint density at radius 3 is 2.22 bits per heavy atom. The zero-order valence-corrected chi connectivity index (χ0v) is 26.2. The molecule has 5 rings (SSSR count). The van der Waals surface area contributed by atoms with Gasteiger partial charge in [-0.15, -0.1) is 11.8 Å². The Kier molecular flexibility index (Phi) is 10.8. The maximum Gasteiger partial charge on any atom is 0.272 e. The molecular formula is C36H29ClN4O4S. The topological polar surface area (TPSA) is 109 Å². The van der Waals surface area contributed by atoms with Crippen molar-refractivity contribution in [2.45, 2.75) is 10.1 Å². The van der Waals surface area contributed by atoms with E-state index in [0.717, 1.165) is 10.5 Å². The first-order valence-corrected chi connectivity index (χ1v) is 15.4. The van der Waals surface area contributed by atoms with Crippen molar-refractivity contribution in [2.75, 3.05) is 17.7 Å². The third-order valence-corrected chi connectivity index (χ3v) is 8.09. The monoisotopic (exact) mass is 648 g/mol. The molecule has 0 aliphatic carbocycles. The highest BCUT2D eigenvalue weighted by Gasteiger charge is 2.23. The Morgan fingerprint density at radius 2 is 1.54 bits per heavy atom. The van der Waals surface area contributed by atoms with Crippen molar-refractivity contribution in [1.29, 1.82) is 0 Å². The lowest BCUT2D eigenvalue weighted by Crippen LogP contribution is -2.30. The number of nitrogens with zero attached hydrogens (tertiary/aromatic N) is 1. The number of thioether (sulfide) groups is 1. The number of ether oxygens (including phenoxy) is 1. The number of methoxy groups -OCH3 is 1. The van der Waals surface area contributed by atoms with Crippen LogP contribution in [-0.2, 0) is 9.59 Å². The average molecular weight is 649 g/mol. The summed E-state index contributed by atoms with van der Waals surface area (Å²) in [6.45, 7) is 0. The van der Waals surface area contributed by atoms with Gasteiger partial charge in [0, 0.05) is 22.3 Å². The number of aromatic nitrogens is 1. The van der Waals surface area contributed by atoms with Crippen LogP contribution in [0.25, 0.3) is 6.08 Å². The van der Waals surface area contributed by atoms with E-state index in [2.05, 4.69) is 20.9 Å². The molecule has 10 heteroatoms. The minimum Gasteiger partial charge on any atom is -0.497 e. The van der Waals surface area contributed by atoms with Crippen LogP contribution in [0.2, 0.25) is 5.02 Å². The number of pyridine rings is 1. The Morgan fingerprint density at radius 1 is 0.826 bits per heavy atom. The second kappa shape index (κ2) is 15.6. The molecule has 0 spiro atoms. The van der Waals surface area contributed by atoms with E-state index < -0.39 is 17.1 Å². The summed E-state index contributed by atoms with van der Waals surface area (Å²) in [7, 11) is 1.57. The van der Waals surface area contributed by atoms with Crippen LogP contribution < -0.4 is 20.7 Å². The van der Waals surface area contributed by atoms with Crippen molar-refractivity contribution in [3.8, 4) is 5.75 Å². The zero-order valence-electron chi connectivity index (χ0n) is 24.6. The van der Waals surface area contributed by atoms with Crippen LogP contribution in [0.5, 0.6) is 5.75 Å². The fourth-order valence-electron chi connectivity index (χ4n) is 4.33. The van der Waals surface area contributed by atoms with Gasteiger partial charge in [0.25, 0.3) is 11.8 Å². The highest BCUT2D eigenvalue weighted by Crippen LogP contribution is 2.37. The molecule has 230 valence electrons. The van der Waals surface area contributed by atoms with Gasteiger partial charge in [0.1, 0.15) is 22.5 Å². The predicted octanol–water partition coefficient (Wildman–Crippen LogP) is 7.63. The van der Waals surface area contributed by atoms with E-state index in [9.17, 15) is 14.4 Å². The second-order valence-corrected chi connectivity index (χ2v) is 11.5. The summed E-state index contributed by atoms with van der Waals surface area (Å²) in [5, 5.41) is 8.33. The molecule has 4 aromatic carbocycles. The van der Waals surface area contributed by atoms with Crippen LogP contribution in [0.4, 0.5) is 11.5 Å². The molecule has 8 nitrogen and oxygen atoms in total. The van der Waals surface area contributed by atoms with Crippen LogP contribution in [0.3, 0.4) is 0 Å². The van der Waals surface area contributed by atoms with Gasteiger partial charge in [0.2, 0.25) is 5.91 Å². The third-order valence-electron chi connectivity index (χ3n) is 6.62. The van der Waals surface area contributed by atoms with Gasteiger partial charge >= 0.3 is 0 Å². The number of anilines is 2. The molecule has 3 N–H and O–H groups in total. The lowest BCUT2D eigenvalue weighted by Gasteiger charge is -2.17. The molecular weight excluding hydrogens is 620 g/mol. The highest BCUT2D eigenvalue weighted by molar-refractivity contribution is 8.00. The molecule has 46 heavy (non-hydrogen) atoms. The fraction of sp³-hybridized carbons (Fsp3) is 0.0556. The molecule has 0 radical (unpaired) electrons. The SMILES string of the molecule is COc1ccc(/C=C(/NC(=O)c2ccccc2)C(=O)Nc2cccc(SC(C(=O)Nc3ccc(Cl)cn3)c3ccccc3)c2)cc1. The first-order chi connectivity index (χ1) is 22.4. The molecule has 0 aliphatic rings. The molecule has 0 aliphatic heterocycles. The quantitative estimate of drug-likeness (QED) is 0.100. The summed E-state index contributed by atoms with van der Waals surface area (Å²) in [5.41, 5.74) is 2.43. The molecule has 0 fully saturated rings. The first kappa shape index (κ1) is 32.0. The van der Waals surface area contributed by atoms with Crippen LogP contribution in [0.1, 0.15) is 26.7 Å². The molecule has 1 unspecified atom stereocenters. The Labute approximate surface area is 275 Å². The van der Waals surface area contributed by atoms with E-state index in [4.69, 9.17) is 16.3 Å². The lowest BCUT2D eigenvalue weighted by molar-refractivity contribution is -0.116. The van der Waals surface area contributed by atoms with Crippen LogP contribution in [-0.4, -0.2) is 29.8 Å². The highest BCUT2D eigenvalue weighted by atomic mass is 35.5. The smallest absolute Gasteiger partial charge is 0.272 e. The van der Waals surface area contributed by atoms with Gasteiger partial charge in [-0.05, 0) is 71.8 Å². The maximum absolute atomic E-state index is 13.6. The normalized spacial score (nSPS) is 11.7. The fourth-order valence-corrected chi connectivity index (χ4v) is 5.53. The molecule has 5 aromatic rings. The number of hydrogen-bond acceptors (Lipinski definition) is 6. The summed E-state index contributed by atoms with van der Waals surface area (Å²) in [6.07, 6.45) is 3.06. The standard InChI is InChI=1S/C36H29ClN4O4S/c1-45-29-18-15-24(16-19-29)21-31(40-34(42)26-11-6-3-7-12-26)35(43)39-28-13-8-14-30(22-28)46-33(25-9-4-2-5-10-25)36(44)41-32-20-17-27(37)23-38-32/h2-23,33H,1H3,(H,39,43)(H,40,42)(H,38,41,44)/b31-21+.